The van der Waals surface area contributed by atoms with Crippen molar-refractivity contribution in [2.75, 3.05) is 11.9 Å². The van der Waals surface area contributed by atoms with Crippen LogP contribution in [0.1, 0.15) is 52.0 Å². The van der Waals surface area contributed by atoms with Crippen LogP contribution in [0.5, 0.6) is 0 Å². The first-order chi connectivity index (χ1) is 13.5. The molecule has 0 radical (unpaired) electrons. The molecule has 2 amide bonds. The number of nitrogens with one attached hydrogen (secondary N) is 2. The first-order valence-corrected chi connectivity index (χ1v) is 10.7. The highest BCUT2D eigenvalue weighted by atomic mass is 32.1. The topological polar surface area (TPSA) is 76.6 Å². The van der Waals surface area contributed by atoms with Gasteiger partial charge in [-0.15, -0.1) is 11.3 Å². The molecule has 148 valence electrons. The van der Waals surface area contributed by atoms with Crippen molar-refractivity contribution < 1.29 is 18.9 Å². The molecule has 1 atom stereocenters. The number of rotatable bonds is 7. The monoisotopic (exact) mass is 402 g/mol. The van der Waals surface area contributed by atoms with E-state index in [1.165, 1.54) is 33.2 Å². The van der Waals surface area contributed by atoms with Gasteiger partial charge >= 0.3 is 0 Å². The molecule has 0 saturated heterocycles. The summed E-state index contributed by atoms with van der Waals surface area (Å²) in [6.07, 6.45) is 6.16. The Morgan fingerprint density at radius 2 is 1.89 bits per heavy atom. The van der Waals surface area contributed by atoms with E-state index in [0.717, 1.165) is 49.7 Å². The molecule has 4 N–H and O–H groups in total. The summed E-state index contributed by atoms with van der Waals surface area (Å²) in [6.45, 7) is 1.00. The zero-order valence-corrected chi connectivity index (χ0v) is 16.5. The molecule has 0 aliphatic heterocycles. The molecular weight excluding hydrogens is 377 g/mol. The van der Waals surface area contributed by atoms with E-state index in [1.807, 2.05) is 0 Å². The predicted molar refractivity (Wildman–Crippen MR) is 107 cm³/mol. The highest BCUT2D eigenvalue weighted by Gasteiger charge is 2.35. The normalized spacial score (nSPS) is 17.0. The van der Waals surface area contributed by atoms with Gasteiger partial charge in [0.1, 0.15) is 17.4 Å². The van der Waals surface area contributed by atoms with Crippen LogP contribution < -0.4 is 16.0 Å². The summed E-state index contributed by atoms with van der Waals surface area (Å²) in [4.78, 5) is 27.1. The summed E-state index contributed by atoms with van der Waals surface area (Å²) in [5.74, 6) is -0.826. The van der Waals surface area contributed by atoms with Crippen LogP contribution in [0.3, 0.4) is 0 Å². The average molecular weight is 403 g/mol. The Hall–Kier alpha value is -2.25. The van der Waals surface area contributed by atoms with E-state index in [4.69, 9.17) is 5.73 Å². The third kappa shape index (κ3) is 4.25. The van der Waals surface area contributed by atoms with E-state index in [0.29, 0.717) is 29.7 Å². The fourth-order valence-corrected chi connectivity index (χ4v) is 5.31. The van der Waals surface area contributed by atoms with Gasteiger partial charge < -0.3 is 16.0 Å². The third-order valence-electron chi connectivity index (χ3n) is 5.56. The number of hydrogen-bond acceptors (Lipinski definition) is 3. The first kappa shape index (κ1) is 19.1. The van der Waals surface area contributed by atoms with E-state index in [-0.39, 0.29) is 11.7 Å². The Morgan fingerprint density at radius 3 is 2.57 bits per heavy atom. The molecule has 28 heavy (non-hydrogen) atoms. The minimum absolute atomic E-state index is 0.106. The predicted octanol–water partition coefficient (Wildman–Crippen LogP) is 2.05. The zero-order valence-electron chi connectivity index (χ0n) is 15.7. The van der Waals surface area contributed by atoms with Gasteiger partial charge in [0.05, 0.1) is 11.6 Å². The summed E-state index contributed by atoms with van der Waals surface area (Å²) in [6, 6.07) is 6.91. The first-order valence-electron chi connectivity index (χ1n) is 9.84. The second-order valence-corrected chi connectivity index (χ2v) is 8.85. The molecule has 2 aliphatic rings. The minimum atomic E-state index is -0.465. The molecule has 1 aromatic carbocycles. The molecule has 4 rings (SSSR count). The fraction of sp³-hybridized carbons (Fsp3) is 0.429. The number of carbonyl (C=O) groups is 2. The molecular formula is C21H25FN3O2S+. The number of thiophene rings is 1. The number of aryl methyl sites for hydroxylation is 1. The van der Waals surface area contributed by atoms with Crippen LogP contribution in [0.2, 0.25) is 0 Å². The third-order valence-corrected chi connectivity index (χ3v) is 6.76. The number of amides is 2. The van der Waals surface area contributed by atoms with Crippen LogP contribution in [0, 0.1) is 5.82 Å². The van der Waals surface area contributed by atoms with Crippen LogP contribution in [-0.4, -0.2) is 24.4 Å². The van der Waals surface area contributed by atoms with Crippen molar-refractivity contribution in [3.63, 3.8) is 0 Å². The SMILES string of the molecule is NC(=O)c1c(NC(=O)C[NH+](Cc2ccc(F)cc2)C2CC2)sc2c1CCCC2. The van der Waals surface area contributed by atoms with Crippen molar-refractivity contribution in [3.8, 4) is 0 Å². The Morgan fingerprint density at radius 1 is 1.18 bits per heavy atom. The Bertz CT molecular complexity index is 890. The number of carbonyl (C=O) groups excluding carboxylic acids is 2. The van der Waals surface area contributed by atoms with Gasteiger partial charge in [-0.2, -0.15) is 0 Å². The summed E-state index contributed by atoms with van der Waals surface area (Å²) >= 11 is 1.49. The number of nitrogens with two attached hydrogens (primary N) is 1. The molecule has 0 spiro atoms. The molecule has 1 fully saturated rings. The summed E-state index contributed by atoms with van der Waals surface area (Å²) in [5.41, 5.74) is 8.15. The summed E-state index contributed by atoms with van der Waals surface area (Å²) in [5, 5.41) is 3.55. The second-order valence-electron chi connectivity index (χ2n) is 7.74. The smallest absolute Gasteiger partial charge is 0.280 e. The van der Waals surface area contributed by atoms with Crippen molar-refractivity contribution >= 4 is 28.2 Å². The molecule has 2 aliphatic carbocycles. The minimum Gasteiger partial charge on any atom is -0.365 e. The van der Waals surface area contributed by atoms with Gasteiger partial charge in [-0.25, -0.2) is 4.39 Å². The van der Waals surface area contributed by atoms with Gasteiger partial charge in [0.2, 0.25) is 0 Å². The highest BCUT2D eigenvalue weighted by molar-refractivity contribution is 7.17. The van der Waals surface area contributed by atoms with E-state index in [1.54, 1.807) is 12.1 Å². The maximum atomic E-state index is 13.1. The van der Waals surface area contributed by atoms with Crippen molar-refractivity contribution in [1.82, 2.24) is 0 Å². The lowest BCUT2D eigenvalue weighted by Gasteiger charge is -2.19. The van der Waals surface area contributed by atoms with Gasteiger partial charge in [0.25, 0.3) is 11.8 Å². The Labute approximate surface area is 167 Å². The summed E-state index contributed by atoms with van der Waals surface area (Å²) in [7, 11) is 0. The molecule has 2 aromatic rings. The number of benzene rings is 1. The number of primary amides is 1. The van der Waals surface area contributed by atoms with E-state index in [9.17, 15) is 14.0 Å². The van der Waals surface area contributed by atoms with Crippen LogP contribution >= 0.6 is 11.3 Å². The maximum Gasteiger partial charge on any atom is 0.280 e. The van der Waals surface area contributed by atoms with Crippen LogP contribution in [0.15, 0.2) is 24.3 Å². The number of fused-ring (bicyclic) bond motifs is 1. The summed E-state index contributed by atoms with van der Waals surface area (Å²) < 4.78 is 13.1. The lowest BCUT2D eigenvalue weighted by molar-refractivity contribution is -0.916. The highest BCUT2D eigenvalue weighted by Crippen LogP contribution is 2.37. The molecule has 1 heterocycles. The van der Waals surface area contributed by atoms with Crippen LogP contribution in [0.4, 0.5) is 9.39 Å². The second kappa shape index (κ2) is 8.01. The number of hydrogen-bond donors (Lipinski definition) is 3. The Balaban J connectivity index is 1.46. The van der Waals surface area contributed by atoms with Crippen molar-refractivity contribution in [1.29, 1.82) is 0 Å². The lowest BCUT2D eigenvalue weighted by atomic mass is 9.95. The number of anilines is 1. The molecule has 5 nitrogen and oxygen atoms in total. The van der Waals surface area contributed by atoms with Gasteiger partial charge in [0.15, 0.2) is 6.54 Å². The standard InChI is InChI=1S/C21H24FN3O2S/c22-14-7-5-13(6-8-14)11-25(15-9-10-15)12-18(26)24-21-19(20(23)27)16-3-1-2-4-17(16)28-21/h5-8,15H,1-4,9-12H2,(H2,23,27)(H,24,26)/p+1. The van der Waals surface area contributed by atoms with E-state index < -0.39 is 5.91 Å². The number of halogens is 1. The average Bonchev–Trinajstić information content (AvgIpc) is 3.44. The zero-order chi connectivity index (χ0) is 19.7. The molecule has 1 saturated carbocycles. The van der Waals surface area contributed by atoms with Crippen molar-refractivity contribution in [2.24, 2.45) is 5.73 Å². The lowest BCUT2D eigenvalue weighted by Crippen LogP contribution is -3.13. The maximum absolute atomic E-state index is 13.1. The largest absolute Gasteiger partial charge is 0.365 e. The van der Waals surface area contributed by atoms with Gasteiger partial charge in [0, 0.05) is 23.3 Å². The quantitative estimate of drug-likeness (QED) is 0.663. The van der Waals surface area contributed by atoms with Gasteiger partial charge in [-0.1, -0.05) is 12.1 Å². The van der Waals surface area contributed by atoms with Crippen molar-refractivity contribution in [2.45, 2.75) is 51.1 Å². The molecule has 1 aromatic heterocycles. The molecule has 1 unspecified atom stereocenters. The molecule has 0 bridgehead atoms. The van der Waals surface area contributed by atoms with E-state index >= 15 is 0 Å². The van der Waals surface area contributed by atoms with Crippen LogP contribution in [-0.2, 0) is 24.2 Å². The van der Waals surface area contributed by atoms with Gasteiger partial charge in [-0.3, -0.25) is 9.59 Å². The fourth-order valence-electron chi connectivity index (χ4n) is 4.00. The number of quaternary nitrogens is 1. The van der Waals surface area contributed by atoms with Gasteiger partial charge in [-0.05, 0) is 43.4 Å². The Kier molecular flexibility index (Phi) is 5.46. The molecule has 7 heteroatoms. The van der Waals surface area contributed by atoms with Crippen molar-refractivity contribution in [3.05, 3.63) is 51.7 Å². The van der Waals surface area contributed by atoms with E-state index in [2.05, 4.69) is 5.32 Å². The van der Waals surface area contributed by atoms with Crippen LogP contribution in [0.25, 0.3) is 0 Å².